The normalized spacial score (nSPS) is 11.7. The second kappa shape index (κ2) is 11.6. The highest BCUT2D eigenvalue weighted by atomic mass is 28.4. The quantitative estimate of drug-likeness (QED) is 0.144. The summed E-state index contributed by atoms with van der Waals surface area (Å²) in [6.07, 6.45) is 1.99. The van der Waals surface area contributed by atoms with Gasteiger partial charge in [-0.25, -0.2) is 0 Å². The summed E-state index contributed by atoms with van der Waals surface area (Å²) in [6.45, 7) is 11.1. The lowest BCUT2D eigenvalue weighted by atomic mass is 10.1. The van der Waals surface area contributed by atoms with Crippen molar-refractivity contribution in [1.82, 2.24) is 0 Å². The molecule has 0 N–H and O–H groups in total. The third kappa shape index (κ3) is 5.77. The number of hydrogen-bond donors (Lipinski definition) is 0. The van der Waals surface area contributed by atoms with E-state index in [2.05, 4.69) is 69.3 Å². The molecule has 41 heavy (non-hydrogen) atoms. The minimum Gasteiger partial charge on any atom is -0.534 e. The van der Waals surface area contributed by atoms with Gasteiger partial charge in [-0.05, 0) is 35.3 Å². The first-order chi connectivity index (χ1) is 19.7. The molecule has 208 valence electrons. The highest BCUT2D eigenvalue weighted by Crippen LogP contribution is 2.40. The average Bonchev–Trinajstić information content (AvgIpc) is 2.96. The van der Waals surface area contributed by atoms with Crippen LogP contribution in [0.3, 0.4) is 0 Å². The Kier molecular flexibility index (Phi) is 8.00. The summed E-state index contributed by atoms with van der Waals surface area (Å²) >= 11 is 0. The smallest absolute Gasteiger partial charge is 0.319 e. The van der Waals surface area contributed by atoms with Crippen molar-refractivity contribution in [3.63, 3.8) is 0 Å². The van der Waals surface area contributed by atoms with E-state index in [0.29, 0.717) is 34.8 Å². The minimum atomic E-state index is -2.93. The van der Waals surface area contributed by atoms with E-state index in [1.165, 1.54) is 6.07 Å². The van der Waals surface area contributed by atoms with E-state index in [4.69, 9.17) is 13.6 Å². The zero-order valence-corrected chi connectivity index (χ0v) is 25.3. The Morgan fingerprint density at radius 3 is 1.90 bits per heavy atom. The first-order valence-electron chi connectivity index (χ1n) is 13.9. The molecule has 0 saturated carbocycles. The molecule has 0 atom stereocenters. The van der Waals surface area contributed by atoms with Crippen molar-refractivity contribution in [2.75, 3.05) is 6.61 Å². The minimum absolute atomic E-state index is 0.158. The van der Waals surface area contributed by atoms with Gasteiger partial charge in [-0.2, -0.15) is 0 Å². The van der Waals surface area contributed by atoms with Gasteiger partial charge in [-0.15, -0.1) is 0 Å². The molecular weight excluding hydrogens is 524 g/mol. The Morgan fingerprint density at radius 1 is 0.805 bits per heavy atom. The molecule has 5 rings (SSSR count). The summed E-state index contributed by atoms with van der Waals surface area (Å²) in [4.78, 5) is 13.5. The number of benzene rings is 4. The van der Waals surface area contributed by atoms with E-state index in [1.54, 1.807) is 0 Å². The van der Waals surface area contributed by atoms with Crippen LogP contribution < -0.4 is 25.0 Å². The molecule has 0 amide bonds. The van der Waals surface area contributed by atoms with Crippen LogP contribution in [0, 0.1) is 0 Å². The van der Waals surface area contributed by atoms with Gasteiger partial charge in [0.15, 0.2) is 5.43 Å². The Bertz CT molecular complexity index is 1670. The van der Waals surface area contributed by atoms with Crippen molar-refractivity contribution >= 4 is 29.7 Å². The van der Waals surface area contributed by atoms with Crippen molar-refractivity contribution < 1.29 is 13.6 Å². The predicted molar refractivity (Wildman–Crippen MR) is 171 cm³/mol. The summed E-state index contributed by atoms with van der Waals surface area (Å²) < 4.78 is 19.9. The van der Waals surface area contributed by atoms with Crippen molar-refractivity contribution in [1.29, 1.82) is 0 Å². The van der Waals surface area contributed by atoms with Crippen LogP contribution in [0.5, 0.6) is 11.5 Å². The maximum absolute atomic E-state index is 13.5. The summed E-state index contributed by atoms with van der Waals surface area (Å²) in [5.74, 6) is 1.55. The standard InChI is InChI=1S/C36H36O4Si/c1-26(2)21-22-38-33-23-28(24-34-35(33)31(37)25-32(39-34)27-15-9-6-10-16-27)40-41(36(3,4)5,29-17-11-7-12-18-29)30-19-13-8-14-20-30/h6-21,23-25H,22H2,1-5H3. The van der Waals surface area contributed by atoms with E-state index < -0.39 is 8.32 Å². The number of hydrogen-bond acceptors (Lipinski definition) is 4. The lowest BCUT2D eigenvalue weighted by Crippen LogP contribution is -2.68. The van der Waals surface area contributed by atoms with Crippen LogP contribution in [0.15, 0.2) is 130 Å². The van der Waals surface area contributed by atoms with Crippen LogP contribution in [0.1, 0.15) is 34.6 Å². The highest BCUT2D eigenvalue weighted by molar-refractivity contribution is 7.00. The van der Waals surface area contributed by atoms with E-state index in [0.717, 1.165) is 21.5 Å². The summed E-state index contributed by atoms with van der Waals surface area (Å²) in [5.41, 5.74) is 2.23. The van der Waals surface area contributed by atoms with Gasteiger partial charge in [0.2, 0.25) is 0 Å². The summed E-state index contributed by atoms with van der Waals surface area (Å²) in [7, 11) is -2.93. The molecule has 1 heterocycles. The molecule has 4 nitrogen and oxygen atoms in total. The molecule has 1 aromatic heterocycles. The monoisotopic (exact) mass is 560 g/mol. The highest BCUT2D eigenvalue weighted by Gasteiger charge is 2.52. The summed E-state index contributed by atoms with van der Waals surface area (Å²) in [6, 6.07) is 35.8. The molecule has 4 aromatic carbocycles. The third-order valence-corrected chi connectivity index (χ3v) is 12.2. The molecule has 0 radical (unpaired) electrons. The second-order valence-corrected chi connectivity index (χ2v) is 15.7. The first kappa shape index (κ1) is 28.2. The molecule has 5 aromatic rings. The van der Waals surface area contributed by atoms with Gasteiger partial charge in [0.1, 0.15) is 34.8 Å². The van der Waals surface area contributed by atoms with Gasteiger partial charge in [0, 0.05) is 23.8 Å². The van der Waals surface area contributed by atoms with Crippen LogP contribution in [0.4, 0.5) is 0 Å². The lowest BCUT2D eigenvalue weighted by Gasteiger charge is -2.43. The first-order valence-corrected chi connectivity index (χ1v) is 15.8. The number of rotatable bonds is 8. The van der Waals surface area contributed by atoms with Gasteiger partial charge < -0.3 is 13.6 Å². The Morgan fingerprint density at radius 2 is 1.37 bits per heavy atom. The maximum Gasteiger partial charge on any atom is 0.319 e. The fraction of sp³-hybridized carbons (Fsp3) is 0.194. The van der Waals surface area contributed by atoms with Crippen molar-refractivity contribution in [2.24, 2.45) is 0 Å². The molecule has 0 unspecified atom stereocenters. The SMILES string of the molecule is CC(C)=CCOc1cc(O[Si](c2ccccc2)(c2ccccc2)C(C)(C)C)cc2oc(-c3ccccc3)cc(=O)c12. The van der Waals surface area contributed by atoms with Crippen LogP contribution >= 0.6 is 0 Å². The molecule has 5 heteroatoms. The molecule has 0 aliphatic heterocycles. The van der Waals surface area contributed by atoms with E-state index in [-0.39, 0.29) is 10.5 Å². The van der Waals surface area contributed by atoms with Crippen molar-refractivity contribution in [3.8, 4) is 22.8 Å². The van der Waals surface area contributed by atoms with Crippen LogP contribution in [-0.2, 0) is 0 Å². The third-order valence-electron chi connectivity index (χ3n) is 7.24. The van der Waals surface area contributed by atoms with E-state index in [1.807, 2.05) is 74.5 Å². The average molecular weight is 561 g/mol. The summed E-state index contributed by atoms with van der Waals surface area (Å²) in [5, 5.41) is 2.48. The van der Waals surface area contributed by atoms with Crippen molar-refractivity contribution in [2.45, 2.75) is 39.7 Å². The topological polar surface area (TPSA) is 48.7 Å². The Hall–Kier alpha value is -4.35. The van der Waals surface area contributed by atoms with Gasteiger partial charge >= 0.3 is 8.32 Å². The lowest BCUT2D eigenvalue weighted by molar-refractivity contribution is 0.363. The van der Waals surface area contributed by atoms with Crippen LogP contribution in [0.25, 0.3) is 22.3 Å². The zero-order chi connectivity index (χ0) is 29.0. The predicted octanol–water partition coefficient (Wildman–Crippen LogP) is 7.74. The fourth-order valence-corrected chi connectivity index (χ4v) is 9.67. The van der Waals surface area contributed by atoms with Gasteiger partial charge in [-0.1, -0.05) is 117 Å². The van der Waals surface area contributed by atoms with Crippen molar-refractivity contribution in [3.05, 3.63) is 131 Å². The fourth-order valence-electron chi connectivity index (χ4n) is 5.27. The van der Waals surface area contributed by atoms with Crippen LogP contribution in [0.2, 0.25) is 5.04 Å². The van der Waals surface area contributed by atoms with Gasteiger partial charge in [0.25, 0.3) is 0 Å². The van der Waals surface area contributed by atoms with Crippen LogP contribution in [-0.4, -0.2) is 14.9 Å². The number of allylic oxidation sites excluding steroid dienone is 1. The second-order valence-electron chi connectivity index (χ2n) is 11.5. The van der Waals surface area contributed by atoms with Gasteiger partial charge in [0.05, 0.1) is 0 Å². The zero-order valence-electron chi connectivity index (χ0n) is 24.3. The number of ether oxygens (including phenoxy) is 1. The molecule has 0 spiro atoms. The number of fused-ring (bicyclic) bond motifs is 1. The molecule has 0 fully saturated rings. The van der Waals surface area contributed by atoms with E-state index in [9.17, 15) is 4.79 Å². The maximum atomic E-state index is 13.5. The molecular formula is C36H36O4Si. The van der Waals surface area contributed by atoms with Gasteiger partial charge in [-0.3, -0.25) is 4.79 Å². The largest absolute Gasteiger partial charge is 0.534 e. The van der Waals surface area contributed by atoms with E-state index >= 15 is 0 Å². The Balaban J connectivity index is 1.75. The molecule has 0 aliphatic carbocycles. The molecule has 0 saturated heterocycles. The molecule has 0 aliphatic rings. The Labute approximate surface area is 243 Å². The molecule has 0 bridgehead atoms.